The number of carbonyl (C=O) groups is 3. The highest BCUT2D eigenvalue weighted by molar-refractivity contribution is 7.14. The van der Waals surface area contributed by atoms with E-state index in [-0.39, 0.29) is 35.5 Å². The van der Waals surface area contributed by atoms with Gasteiger partial charge in [-0.3, -0.25) is 25.0 Å². The van der Waals surface area contributed by atoms with Crippen LogP contribution >= 0.6 is 11.3 Å². The average Bonchev–Trinajstić information content (AvgIpc) is 3.34. The van der Waals surface area contributed by atoms with Crippen molar-refractivity contribution in [3.8, 4) is 11.3 Å². The number of benzene rings is 2. The third kappa shape index (κ3) is 4.94. The van der Waals surface area contributed by atoms with Gasteiger partial charge in [0.15, 0.2) is 5.13 Å². The van der Waals surface area contributed by atoms with Crippen LogP contribution in [0.25, 0.3) is 11.3 Å². The van der Waals surface area contributed by atoms with E-state index in [9.17, 15) is 14.4 Å². The van der Waals surface area contributed by atoms with E-state index in [1.54, 1.807) is 12.1 Å². The van der Waals surface area contributed by atoms with Crippen LogP contribution in [0.2, 0.25) is 0 Å². The molecule has 1 atom stereocenters. The van der Waals surface area contributed by atoms with E-state index < -0.39 is 0 Å². The van der Waals surface area contributed by atoms with Crippen molar-refractivity contribution in [2.24, 2.45) is 5.92 Å². The number of aromatic nitrogens is 1. The van der Waals surface area contributed by atoms with Gasteiger partial charge in [0, 0.05) is 22.9 Å². The first-order valence-electron chi connectivity index (χ1n) is 10.5. The van der Waals surface area contributed by atoms with Gasteiger partial charge in [0.1, 0.15) is 0 Å². The summed E-state index contributed by atoms with van der Waals surface area (Å²) in [5.41, 5.74) is 4.60. The number of nitrogens with one attached hydrogen (secondary N) is 2. The Hall–Kier alpha value is -3.32. The third-order valence-corrected chi connectivity index (χ3v) is 6.29. The Morgan fingerprint density at radius 3 is 2.38 bits per heavy atom. The lowest BCUT2D eigenvalue weighted by atomic mass is 9.86. The van der Waals surface area contributed by atoms with Crippen molar-refractivity contribution in [3.05, 3.63) is 70.6 Å². The number of amides is 3. The van der Waals surface area contributed by atoms with E-state index >= 15 is 0 Å². The molecule has 2 N–H and O–H groups in total. The fourth-order valence-electron chi connectivity index (χ4n) is 3.62. The number of hydrogen-bond donors (Lipinski definition) is 2. The lowest BCUT2D eigenvalue weighted by molar-refractivity contribution is -0.125. The first-order chi connectivity index (χ1) is 15.2. The van der Waals surface area contributed by atoms with Crippen LogP contribution in [0.15, 0.2) is 53.9 Å². The summed E-state index contributed by atoms with van der Waals surface area (Å²) in [6.07, 6.45) is 0.690. The molecule has 2 aromatic carbocycles. The molecule has 4 rings (SSSR count). The molecule has 1 saturated heterocycles. The van der Waals surface area contributed by atoms with E-state index in [1.165, 1.54) is 16.9 Å². The molecule has 1 fully saturated rings. The van der Waals surface area contributed by atoms with Crippen molar-refractivity contribution < 1.29 is 14.4 Å². The van der Waals surface area contributed by atoms with Crippen LogP contribution in [0.1, 0.15) is 48.7 Å². The maximum atomic E-state index is 12.6. The van der Waals surface area contributed by atoms with Gasteiger partial charge in [0.2, 0.25) is 11.8 Å². The van der Waals surface area contributed by atoms with Gasteiger partial charge in [-0.25, -0.2) is 4.98 Å². The molecule has 1 unspecified atom stereocenters. The summed E-state index contributed by atoms with van der Waals surface area (Å²) in [7, 11) is 0. The van der Waals surface area contributed by atoms with Crippen molar-refractivity contribution in [2.75, 3.05) is 5.32 Å². The number of rotatable bonds is 5. The van der Waals surface area contributed by atoms with Crippen LogP contribution in [0.4, 0.5) is 5.13 Å². The van der Waals surface area contributed by atoms with Gasteiger partial charge in [-0.1, -0.05) is 57.2 Å². The molecule has 0 radical (unpaired) electrons. The van der Waals surface area contributed by atoms with Gasteiger partial charge >= 0.3 is 0 Å². The second-order valence-corrected chi connectivity index (χ2v) is 9.89. The monoisotopic (exact) mass is 447 g/mol. The minimum absolute atomic E-state index is 0.0935. The predicted octanol–water partition coefficient (Wildman–Crippen LogP) is 4.57. The van der Waals surface area contributed by atoms with E-state index in [2.05, 4.69) is 60.7 Å². The highest BCUT2D eigenvalue weighted by Crippen LogP contribution is 2.28. The topological polar surface area (TPSA) is 88.2 Å². The predicted molar refractivity (Wildman–Crippen MR) is 126 cm³/mol. The first kappa shape index (κ1) is 21.9. The van der Waals surface area contributed by atoms with Crippen molar-refractivity contribution >= 4 is 34.2 Å². The van der Waals surface area contributed by atoms with Crippen LogP contribution in [0.5, 0.6) is 0 Å². The minimum Gasteiger partial charge on any atom is -0.298 e. The summed E-state index contributed by atoms with van der Waals surface area (Å²) in [5.74, 6) is -1.05. The van der Waals surface area contributed by atoms with Crippen molar-refractivity contribution in [1.82, 2.24) is 10.3 Å². The molecule has 0 spiro atoms. The lowest BCUT2D eigenvalue weighted by Gasteiger charge is -2.18. The Morgan fingerprint density at radius 2 is 1.78 bits per heavy atom. The quantitative estimate of drug-likeness (QED) is 0.561. The largest absolute Gasteiger partial charge is 0.298 e. The second kappa shape index (κ2) is 8.67. The van der Waals surface area contributed by atoms with E-state index in [4.69, 9.17) is 0 Å². The second-order valence-electron chi connectivity index (χ2n) is 9.03. The van der Waals surface area contributed by atoms with Crippen LogP contribution in [0, 0.1) is 5.92 Å². The molecule has 1 aromatic heterocycles. The summed E-state index contributed by atoms with van der Waals surface area (Å²) in [6, 6.07) is 15.4. The molecule has 32 heavy (non-hydrogen) atoms. The molecule has 0 saturated carbocycles. The zero-order valence-corrected chi connectivity index (χ0v) is 19.1. The van der Waals surface area contributed by atoms with Crippen LogP contribution in [-0.4, -0.2) is 22.7 Å². The van der Waals surface area contributed by atoms with Gasteiger partial charge in [0.05, 0.1) is 11.6 Å². The van der Waals surface area contributed by atoms with Crippen molar-refractivity contribution in [2.45, 2.75) is 39.0 Å². The molecule has 1 aliphatic rings. The van der Waals surface area contributed by atoms with Crippen molar-refractivity contribution in [1.29, 1.82) is 0 Å². The van der Waals surface area contributed by atoms with Crippen LogP contribution in [0.3, 0.4) is 0 Å². The Kier molecular flexibility index (Phi) is 5.93. The molecule has 2 heterocycles. The number of thiazole rings is 1. The summed E-state index contributed by atoms with van der Waals surface area (Å²) in [6.45, 7) is 6.53. The Morgan fingerprint density at radius 1 is 1.09 bits per heavy atom. The standard InChI is InChI=1S/C25H25N3O3S/c1-25(2,3)19-10-8-16(9-11-19)20-14-32-24(26-20)28-22(30)17-6-4-15(5-7-17)12-18-13-21(29)27-23(18)31/h4-11,14,18H,12-13H2,1-3H3,(H,26,28,30)(H,27,29,31). The molecule has 3 amide bonds. The molecule has 0 aliphatic carbocycles. The molecule has 0 bridgehead atoms. The SMILES string of the molecule is CC(C)(C)c1ccc(-c2csc(NC(=O)c3ccc(CC4CC(=O)NC4=O)cc3)n2)cc1. The number of hydrogen-bond acceptors (Lipinski definition) is 5. The lowest BCUT2D eigenvalue weighted by Crippen LogP contribution is -2.22. The van der Waals surface area contributed by atoms with E-state index in [1.807, 2.05) is 17.5 Å². The van der Waals surface area contributed by atoms with Gasteiger partial charge < -0.3 is 0 Å². The highest BCUT2D eigenvalue weighted by atomic mass is 32.1. The molecule has 164 valence electrons. The van der Waals surface area contributed by atoms with E-state index in [0.29, 0.717) is 17.1 Å². The number of imide groups is 1. The summed E-state index contributed by atoms with van der Waals surface area (Å²) < 4.78 is 0. The van der Waals surface area contributed by atoms with Gasteiger partial charge in [0.25, 0.3) is 5.91 Å². The fourth-order valence-corrected chi connectivity index (χ4v) is 4.34. The van der Waals surface area contributed by atoms with Crippen LogP contribution in [-0.2, 0) is 21.4 Å². The number of anilines is 1. The molecule has 6 nitrogen and oxygen atoms in total. The molecular formula is C25H25N3O3S. The number of nitrogens with zero attached hydrogens (tertiary/aromatic N) is 1. The van der Waals surface area contributed by atoms with Gasteiger partial charge in [-0.15, -0.1) is 11.3 Å². The molecule has 3 aromatic rings. The smallest absolute Gasteiger partial charge is 0.257 e. The zero-order chi connectivity index (χ0) is 22.9. The maximum Gasteiger partial charge on any atom is 0.257 e. The van der Waals surface area contributed by atoms with E-state index in [0.717, 1.165) is 16.8 Å². The Labute approximate surface area is 191 Å². The third-order valence-electron chi connectivity index (χ3n) is 5.53. The molecular weight excluding hydrogens is 422 g/mol. The fraction of sp³-hybridized carbons (Fsp3) is 0.280. The highest BCUT2D eigenvalue weighted by Gasteiger charge is 2.30. The van der Waals surface area contributed by atoms with Crippen LogP contribution < -0.4 is 10.6 Å². The maximum absolute atomic E-state index is 12.6. The first-order valence-corrected chi connectivity index (χ1v) is 11.4. The van der Waals surface area contributed by atoms with Crippen molar-refractivity contribution in [3.63, 3.8) is 0 Å². The summed E-state index contributed by atoms with van der Waals surface area (Å²) in [4.78, 5) is 40.2. The normalized spacial score (nSPS) is 16.2. The Bertz CT molecular complexity index is 1160. The molecule has 7 heteroatoms. The zero-order valence-electron chi connectivity index (χ0n) is 18.3. The van der Waals surface area contributed by atoms with Gasteiger partial charge in [-0.05, 0) is 35.1 Å². The Balaban J connectivity index is 1.39. The number of carbonyl (C=O) groups excluding carboxylic acids is 3. The summed E-state index contributed by atoms with van der Waals surface area (Å²) in [5, 5.41) is 7.63. The minimum atomic E-state index is -0.339. The van der Waals surface area contributed by atoms with Gasteiger partial charge in [-0.2, -0.15) is 0 Å². The molecule has 1 aliphatic heterocycles. The average molecular weight is 448 g/mol. The summed E-state index contributed by atoms with van der Waals surface area (Å²) >= 11 is 1.38.